The van der Waals surface area contributed by atoms with Crippen molar-refractivity contribution >= 4 is 11.5 Å². The smallest absolute Gasteiger partial charge is 0.128 e. The highest BCUT2D eigenvalue weighted by Gasteiger charge is 2.36. The standard InChI is InChI=1S/C27H40N4O2/c1-7-30(8-2)22-9-10-24(28-17-22)31-15-13-29(14-16-31)18-27(6)12-11-23-21(5)25(32)19(3)20(4)26(23)33-27/h9-10,17,32H,7-8,11-16,18H2,1-6H3. The fourth-order valence-corrected chi connectivity index (χ4v) is 5.36. The van der Waals surface area contributed by atoms with Crippen molar-refractivity contribution in [2.75, 3.05) is 55.6 Å². The molecule has 1 saturated heterocycles. The number of pyridine rings is 1. The highest BCUT2D eigenvalue weighted by atomic mass is 16.5. The van der Waals surface area contributed by atoms with Crippen molar-refractivity contribution in [3.05, 3.63) is 40.6 Å². The molecule has 1 atom stereocenters. The monoisotopic (exact) mass is 452 g/mol. The summed E-state index contributed by atoms with van der Waals surface area (Å²) in [5, 5.41) is 10.4. The average molecular weight is 453 g/mol. The van der Waals surface area contributed by atoms with Crippen molar-refractivity contribution in [1.29, 1.82) is 0 Å². The highest BCUT2D eigenvalue weighted by Crippen LogP contribution is 2.43. The molecule has 6 nitrogen and oxygen atoms in total. The zero-order chi connectivity index (χ0) is 23.8. The van der Waals surface area contributed by atoms with Gasteiger partial charge in [0.15, 0.2) is 0 Å². The Labute approximate surface area is 199 Å². The fourth-order valence-electron chi connectivity index (χ4n) is 5.36. The van der Waals surface area contributed by atoms with Crippen LogP contribution in [0.3, 0.4) is 0 Å². The van der Waals surface area contributed by atoms with Crippen LogP contribution in [0.2, 0.25) is 0 Å². The lowest BCUT2D eigenvalue weighted by Crippen LogP contribution is -2.54. The van der Waals surface area contributed by atoms with E-state index in [2.05, 4.69) is 54.5 Å². The molecule has 180 valence electrons. The number of rotatable bonds is 6. The molecule has 0 radical (unpaired) electrons. The lowest BCUT2D eigenvalue weighted by molar-refractivity contribution is 0.0226. The molecule has 0 aliphatic carbocycles. The van der Waals surface area contributed by atoms with Crippen molar-refractivity contribution in [3.8, 4) is 11.5 Å². The number of nitrogens with zero attached hydrogens (tertiary/aromatic N) is 4. The minimum Gasteiger partial charge on any atom is -0.507 e. The summed E-state index contributed by atoms with van der Waals surface area (Å²) in [7, 11) is 0. The van der Waals surface area contributed by atoms with Gasteiger partial charge in [0.2, 0.25) is 0 Å². The van der Waals surface area contributed by atoms with E-state index in [-0.39, 0.29) is 5.60 Å². The first-order chi connectivity index (χ1) is 15.8. The zero-order valence-corrected chi connectivity index (χ0v) is 21.2. The third-order valence-corrected chi connectivity index (χ3v) is 7.71. The second kappa shape index (κ2) is 9.41. The van der Waals surface area contributed by atoms with Gasteiger partial charge >= 0.3 is 0 Å². The van der Waals surface area contributed by atoms with E-state index < -0.39 is 0 Å². The topological polar surface area (TPSA) is 52.1 Å². The van der Waals surface area contributed by atoms with Crippen molar-refractivity contribution in [2.45, 2.75) is 60.0 Å². The van der Waals surface area contributed by atoms with E-state index in [1.807, 2.05) is 20.0 Å². The number of anilines is 2. The number of ether oxygens (including phenoxy) is 1. The van der Waals surface area contributed by atoms with Crippen LogP contribution in [-0.2, 0) is 6.42 Å². The maximum Gasteiger partial charge on any atom is 0.128 e. The maximum atomic E-state index is 10.4. The van der Waals surface area contributed by atoms with Gasteiger partial charge in [-0.25, -0.2) is 4.98 Å². The molecule has 1 fully saturated rings. The van der Waals surface area contributed by atoms with Gasteiger partial charge in [0, 0.05) is 51.4 Å². The SMILES string of the molecule is CCN(CC)c1ccc(N2CCN(CC3(C)CCc4c(C)c(O)c(C)c(C)c4O3)CC2)nc1. The van der Waals surface area contributed by atoms with E-state index in [1.165, 1.54) is 11.3 Å². The summed E-state index contributed by atoms with van der Waals surface area (Å²) in [6.07, 6.45) is 3.93. The molecule has 33 heavy (non-hydrogen) atoms. The number of hydrogen-bond donors (Lipinski definition) is 1. The van der Waals surface area contributed by atoms with Crippen LogP contribution in [-0.4, -0.2) is 66.4 Å². The zero-order valence-electron chi connectivity index (χ0n) is 21.2. The predicted molar refractivity (Wildman–Crippen MR) is 136 cm³/mol. The Bertz CT molecular complexity index is 979. The molecule has 1 N–H and O–H groups in total. The van der Waals surface area contributed by atoms with E-state index in [9.17, 15) is 5.11 Å². The van der Waals surface area contributed by atoms with Crippen LogP contribution >= 0.6 is 0 Å². The van der Waals surface area contributed by atoms with Crippen molar-refractivity contribution in [3.63, 3.8) is 0 Å². The first-order valence-electron chi connectivity index (χ1n) is 12.4. The molecule has 2 aliphatic heterocycles. The summed E-state index contributed by atoms with van der Waals surface area (Å²) < 4.78 is 6.65. The van der Waals surface area contributed by atoms with Crippen LogP contribution in [0.5, 0.6) is 11.5 Å². The third kappa shape index (κ3) is 4.63. The highest BCUT2D eigenvalue weighted by molar-refractivity contribution is 5.58. The molecule has 6 heteroatoms. The van der Waals surface area contributed by atoms with Crippen molar-refractivity contribution in [2.24, 2.45) is 0 Å². The van der Waals surface area contributed by atoms with Gasteiger partial charge in [-0.05, 0) is 83.2 Å². The first kappa shape index (κ1) is 23.7. The summed E-state index contributed by atoms with van der Waals surface area (Å²) in [5.41, 5.74) is 5.14. The summed E-state index contributed by atoms with van der Waals surface area (Å²) in [6, 6.07) is 4.36. The van der Waals surface area contributed by atoms with E-state index in [0.717, 1.165) is 86.9 Å². The number of phenols is 1. The maximum absolute atomic E-state index is 10.4. The summed E-state index contributed by atoms with van der Waals surface area (Å²) in [5.74, 6) is 2.49. The van der Waals surface area contributed by atoms with Crippen molar-refractivity contribution in [1.82, 2.24) is 9.88 Å². The van der Waals surface area contributed by atoms with Crippen LogP contribution in [0, 0.1) is 20.8 Å². The second-order valence-corrected chi connectivity index (χ2v) is 9.89. The second-order valence-electron chi connectivity index (χ2n) is 9.89. The van der Waals surface area contributed by atoms with Gasteiger partial charge in [-0.3, -0.25) is 4.90 Å². The molecule has 2 aromatic rings. The molecular formula is C27H40N4O2. The Morgan fingerprint density at radius 3 is 2.33 bits per heavy atom. The minimum absolute atomic E-state index is 0.209. The number of fused-ring (bicyclic) bond motifs is 1. The van der Waals surface area contributed by atoms with Crippen LogP contribution in [0.15, 0.2) is 18.3 Å². The van der Waals surface area contributed by atoms with Gasteiger partial charge in [-0.1, -0.05) is 0 Å². The molecular weight excluding hydrogens is 412 g/mol. The van der Waals surface area contributed by atoms with E-state index in [0.29, 0.717) is 5.75 Å². The normalized spacial score (nSPS) is 21.0. The van der Waals surface area contributed by atoms with Gasteiger partial charge in [-0.2, -0.15) is 0 Å². The Balaban J connectivity index is 1.38. The van der Waals surface area contributed by atoms with Gasteiger partial charge < -0.3 is 19.6 Å². The molecule has 1 unspecified atom stereocenters. The lowest BCUT2D eigenvalue weighted by atomic mass is 9.87. The molecule has 1 aromatic heterocycles. The Hall–Kier alpha value is -2.47. The van der Waals surface area contributed by atoms with Crippen LogP contribution in [0.25, 0.3) is 0 Å². The fraction of sp³-hybridized carbons (Fsp3) is 0.593. The van der Waals surface area contributed by atoms with Gasteiger partial charge in [-0.15, -0.1) is 0 Å². The molecule has 1 aromatic carbocycles. The molecule has 4 rings (SSSR count). The summed E-state index contributed by atoms with van der Waals surface area (Å²) >= 11 is 0. The number of benzene rings is 1. The van der Waals surface area contributed by atoms with E-state index in [1.54, 1.807) is 0 Å². The van der Waals surface area contributed by atoms with Crippen LogP contribution in [0.1, 0.15) is 49.4 Å². The Morgan fingerprint density at radius 1 is 1.03 bits per heavy atom. The predicted octanol–water partition coefficient (Wildman–Crippen LogP) is 4.46. The molecule has 0 bridgehead atoms. The van der Waals surface area contributed by atoms with Crippen LogP contribution in [0.4, 0.5) is 11.5 Å². The minimum atomic E-state index is -0.209. The van der Waals surface area contributed by atoms with E-state index in [4.69, 9.17) is 9.72 Å². The molecule has 3 heterocycles. The number of aromatic nitrogens is 1. The summed E-state index contributed by atoms with van der Waals surface area (Å²) in [6.45, 7) is 19.6. The summed E-state index contributed by atoms with van der Waals surface area (Å²) in [4.78, 5) is 12.0. The van der Waals surface area contributed by atoms with Crippen LogP contribution < -0.4 is 14.5 Å². The first-order valence-corrected chi connectivity index (χ1v) is 12.4. The Morgan fingerprint density at radius 2 is 1.73 bits per heavy atom. The van der Waals surface area contributed by atoms with Gasteiger partial charge in [0.1, 0.15) is 22.9 Å². The quantitative estimate of drug-likeness (QED) is 0.698. The third-order valence-electron chi connectivity index (χ3n) is 7.71. The number of hydrogen-bond acceptors (Lipinski definition) is 6. The number of aromatic hydroxyl groups is 1. The largest absolute Gasteiger partial charge is 0.507 e. The van der Waals surface area contributed by atoms with Gasteiger partial charge in [0.25, 0.3) is 0 Å². The average Bonchev–Trinajstić information content (AvgIpc) is 2.83. The number of piperazine rings is 1. The van der Waals surface area contributed by atoms with Crippen molar-refractivity contribution < 1.29 is 9.84 Å². The molecule has 0 saturated carbocycles. The molecule has 0 amide bonds. The molecule has 2 aliphatic rings. The molecule has 0 spiro atoms. The number of phenolic OH excluding ortho intramolecular Hbond substituents is 1. The Kier molecular flexibility index (Phi) is 6.76. The van der Waals surface area contributed by atoms with Gasteiger partial charge in [0.05, 0.1) is 11.9 Å². The van der Waals surface area contributed by atoms with E-state index >= 15 is 0 Å². The lowest BCUT2D eigenvalue weighted by Gasteiger charge is -2.43.